The van der Waals surface area contributed by atoms with Crippen LogP contribution < -0.4 is 5.11 Å². The van der Waals surface area contributed by atoms with Gasteiger partial charge in [-0.05, 0) is 19.1 Å². The molecule has 0 amide bonds. The highest BCUT2D eigenvalue weighted by atomic mass is 79.9. The van der Waals surface area contributed by atoms with E-state index < -0.39 is 5.97 Å². The first-order valence-corrected chi connectivity index (χ1v) is 7.91. The molecule has 0 atom stereocenters. The minimum atomic E-state index is -1.13. The lowest BCUT2D eigenvalue weighted by Gasteiger charge is -2.10. The number of thioether (sulfide) groups is 1. The van der Waals surface area contributed by atoms with Crippen LogP contribution in [0.25, 0.3) is 11.4 Å². The highest BCUT2D eigenvalue weighted by Crippen LogP contribution is 2.25. The van der Waals surface area contributed by atoms with Crippen LogP contribution in [0.15, 0.2) is 46.0 Å². The average Bonchev–Trinajstić information content (AvgIpc) is 2.79. The summed E-state index contributed by atoms with van der Waals surface area (Å²) in [5.41, 5.74) is 1.84. The van der Waals surface area contributed by atoms with Crippen molar-refractivity contribution in [2.24, 2.45) is 0 Å². The van der Waals surface area contributed by atoms with Crippen LogP contribution in [-0.4, -0.2) is 26.5 Å². The van der Waals surface area contributed by atoms with E-state index in [2.05, 4.69) is 32.7 Å². The lowest BCUT2D eigenvalue weighted by Crippen LogP contribution is -2.24. The van der Waals surface area contributed by atoms with E-state index in [0.717, 1.165) is 27.4 Å². The lowest BCUT2D eigenvalue weighted by molar-refractivity contribution is -0.301. The van der Waals surface area contributed by atoms with Crippen LogP contribution in [-0.2, 0) is 11.3 Å². The number of aromatic nitrogens is 3. The third kappa shape index (κ3) is 4.18. The van der Waals surface area contributed by atoms with Gasteiger partial charge >= 0.3 is 0 Å². The summed E-state index contributed by atoms with van der Waals surface area (Å²) in [4.78, 5) is 10.6. The van der Waals surface area contributed by atoms with Crippen molar-refractivity contribution in [1.82, 2.24) is 14.8 Å². The predicted molar refractivity (Wildman–Crippen MR) is 83.7 cm³/mol. The Balaban J connectivity index is 2.38. The van der Waals surface area contributed by atoms with E-state index in [0.29, 0.717) is 17.5 Å². The topological polar surface area (TPSA) is 70.8 Å². The first-order chi connectivity index (χ1) is 9.97. The Morgan fingerprint density at radius 3 is 2.62 bits per heavy atom. The molecule has 1 heterocycles. The highest BCUT2D eigenvalue weighted by Gasteiger charge is 2.14. The van der Waals surface area contributed by atoms with Gasteiger partial charge in [0.05, 0.1) is 5.97 Å². The summed E-state index contributed by atoms with van der Waals surface area (Å²) in [5.74, 6) is -0.601. The molecule has 1 aromatic heterocycles. The number of rotatable bonds is 6. The van der Waals surface area contributed by atoms with Crippen molar-refractivity contribution < 1.29 is 9.90 Å². The second-order valence-corrected chi connectivity index (χ2v) is 6.38. The lowest BCUT2D eigenvalue weighted by atomic mass is 10.2. The Labute approximate surface area is 135 Å². The molecule has 0 aliphatic rings. The van der Waals surface area contributed by atoms with Crippen molar-refractivity contribution in [1.29, 1.82) is 0 Å². The van der Waals surface area contributed by atoms with Crippen molar-refractivity contribution in [2.75, 3.05) is 5.75 Å². The van der Waals surface area contributed by atoms with Crippen LogP contribution in [0.5, 0.6) is 0 Å². The van der Waals surface area contributed by atoms with Gasteiger partial charge in [-0.25, -0.2) is 0 Å². The fourth-order valence-corrected chi connectivity index (χ4v) is 2.66. The zero-order valence-electron chi connectivity index (χ0n) is 11.4. The van der Waals surface area contributed by atoms with Crippen molar-refractivity contribution in [3.63, 3.8) is 0 Å². The van der Waals surface area contributed by atoms with Crippen LogP contribution in [0, 0.1) is 0 Å². The molecular weight excluding hydrogens is 354 g/mol. The molecule has 0 aliphatic carbocycles. The molecule has 0 radical (unpaired) electrons. The molecule has 21 heavy (non-hydrogen) atoms. The number of carboxylic acid groups (broad SMARTS) is 1. The number of carboxylic acids is 1. The Kier molecular flexibility index (Phi) is 5.19. The number of hydrogen-bond acceptors (Lipinski definition) is 5. The van der Waals surface area contributed by atoms with E-state index >= 15 is 0 Å². The molecule has 0 saturated heterocycles. The third-order valence-corrected chi connectivity index (χ3v) is 4.04. The van der Waals surface area contributed by atoms with Crippen LogP contribution in [0.4, 0.5) is 0 Å². The summed E-state index contributed by atoms with van der Waals surface area (Å²) in [6.45, 7) is 6.33. The van der Waals surface area contributed by atoms with Gasteiger partial charge in [0, 0.05) is 22.3 Å². The Morgan fingerprint density at radius 2 is 2.05 bits per heavy atom. The minimum absolute atomic E-state index is 0.158. The molecular formula is C14H13BrN3O2S-. The second-order valence-electron chi connectivity index (χ2n) is 4.52. The summed E-state index contributed by atoms with van der Waals surface area (Å²) in [6.07, 6.45) is 0. The Bertz CT molecular complexity index is 667. The standard InChI is InChI=1S/C14H14BrN3O2S/c1-9(2)7-18-13(10-3-5-11(15)6-4-10)16-17-14(18)21-8-12(19)20/h3-6H,1,7-8H2,2H3,(H,19,20)/p-1. The van der Waals surface area contributed by atoms with E-state index in [1.807, 2.05) is 35.8 Å². The summed E-state index contributed by atoms with van der Waals surface area (Å²) in [7, 11) is 0. The Morgan fingerprint density at radius 1 is 1.38 bits per heavy atom. The number of aliphatic carboxylic acids is 1. The van der Waals surface area contributed by atoms with Gasteiger partial charge in [0.1, 0.15) is 0 Å². The zero-order chi connectivity index (χ0) is 15.4. The van der Waals surface area contributed by atoms with Crippen molar-refractivity contribution in [3.8, 4) is 11.4 Å². The van der Waals surface area contributed by atoms with Crippen LogP contribution >= 0.6 is 27.7 Å². The second kappa shape index (κ2) is 6.91. The van der Waals surface area contributed by atoms with Gasteiger partial charge in [0.25, 0.3) is 0 Å². The summed E-state index contributed by atoms with van der Waals surface area (Å²) in [6, 6.07) is 7.69. The van der Waals surface area contributed by atoms with Gasteiger partial charge in [0.15, 0.2) is 11.0 Å². The first-order valence-electron chi connectivity index (χ1n) is 6.13. The maximum Gasteiger partial charge on any atom is 0.192 e. The fourth-order valence-electron chi connectivity index (χ4n) is 1.74. The predicted octanol–water partition coefficient (Wildman–Crippen LogP) is 2.13. The molecule has 0 unspecified atom stereocenters. The maximum absolute atomic E-state index is 10.6. The molecule has 7 heteroatoms. The van der Waals surface area contributed by atoms with Crippen molar-refractivity contribution >= 4 is 33.7 Å². The molecule has 1 aromatic carbocycles. The quantitative estimate of drug-likeness (QED) is 0.578. The van der Waals surface area contributed by atoms with Crippen molar-refractivity contribution in [3.05, 3.63) is 40.9 Å². The van der Waals surface area contributed by atoms with E-state index in [9.17, 15) is 9.90 Å². The monoisotopic (exact) mass is 366 g/mol. The summed E-state index contributed by atoms with van der Waals surface area (Å²) >= 11 is 4.48. The molecule has 0 bridgehead atoms. The molecule has 0 aliphatic heterocycles. The number of halogens is 1. The number of hydrogen-bond donors (Lipinski definition) is 0. The SMILES string of the molecule is C=C(C)Cn1c(SCC(=O)[O-])nnc1-c1ccc(Br)cc1. The Hall–Kier alpha value is -1.60. The van der Waals surface area contributed by atoms with Gasteiger partial charge in [-0.2, -0.15) is 0 Å². The van der Waals surface area contributed by atoms with Gasteiger partial charge in [-0.15, -0.1) is 10.2 Å². The minimum Gasteiger partial charge on any atom is -0.549 e. The molecule has 0 fully saturated rings. The van der Waals surface area contributed by atoms with E-state index in [-0.39, 0.29) is 5.75 Å². The largest absolute Gasteiger partial charge is 0.549 e. The molecule has 2 rings (SSSR count). The molecule has 2 aromatic rings. The van der Waals surface area contributed by atoms with E-state index in [4.69, 9.17) is 0 Å². The third-order valence-electron chi connectivity index (χ3n) is 2.57. The van der Waals surface area contributed by atoms with Crippen LogP contribution in [0.2, 0.25) is 0 Å². The first kappa shape index (κ1) is 15.8. The normalized spacial score (nSPS) is 10.6. The molecule has 0 saturated carbocycles. The summed E-state index contributed by atoms with van der Waals surface area (Å²) in [5, 5.41) is 19.4. The highest BCUT2D eigenvalue weighted by molar-refractivity contribution is 9.10. The molecule has 5 nitrogen and oxygen atoms in total. The van der Waals surface area contributed by atoms with Gasteiger partial charge in [-0.1, -0.05) is 52.0 Å². The molecule has 0 N–H and O–H groups in total. The average molecular weight is 367 g/mol. The summed E-state index contributed by atoms with van der Waals surface area (Å²) < 4.78 is 2.84. The van der Waals surface area contributed by atoms with Gasteiger partial charge < -0.3 is 9.90 Å². The van der Waals surface area contributed by atoms with E-state index in [1.54, 1.807) is 0 Å². The fraction of sp³-hybridized carbons (Fsp3) is 0.214. The molecule has 110 valence electrons. The number of allylic oxidation sites excluding steroid dienone is 1. The number of carbonyl (C=O) groups excluding carboxylic acids is 1. The smallest absolute Gasteiger partial charge is 0.192 e. The molecule has 0 spiro atoms. The van der Waals surface area contributed by atoms with Gasteiger partial charge in [0.2, 0.25) is 0 Å². The van der Waals surface area contributed by atoms with Gasteiger partial charge in [-0.3, -0.25) is 4.57 Å². The number of carbonyl (C=O) groups is 1. The zero-order valence-corrected chi connectivity index (χ0v) is 13.8. The number of nitrogens with zero attached hydrogens (tertiary/aromatic N) is 3. The van der Waals surface area contributed by atoms with Crippen LogP contribution in [0.3, 0.4) is 0 Å². The maximum atomic E-state index is 10.6. The van der Waals surface area contributed by atoms with Crippen LogP contribution in [0.1, 0.15) is 6.92 Å². The number of benzene rings is 1. The van der Waals surface area contributed by atoms with Crippen molar-refractivity contribution in [2.45, 2.75) is 18.6 Å². The van der Waals surface area contributed by atoms with E-state index in [1.165, 1.54) is 0 Å².